The van der Waals surface area contributed by atoms with Crippen LogP contribution in [0.25, 0.3) is 0 Å². The molecule has 0 aromatic rings. The van der Waals surface area contributed by atoms with Gasteiger partial charge in [0.25, 0.3) is 0 Å². The molecule has 17 heavy (non-hydrogen) atoms. The molecule has 0 spiro atoms. The zero-order valence-corrected chi connectivity index (χ0v) is 10.5. The summed E-state index contributed by atoms with van der Waals surface area (Å²) in [5, 5.41) is 15.7. The van der Waals surface area contributed by atoms with Crippen LogP contribution in [0.2, 0.25) is 0 Å². The summed E-state index contributed by atoms with van der Waals surface area (Å²) in [5.41, 5.74) is 0. The van der Waals surface area contributed by atoms with Crippen molar-refractivity contribution in [3.8, 4) is 0 Å². The molecule has 2 aliphatic carbocycles. The van der Waals surface area contributed by atoms with Crippen LogP contribution in [0.1, 0.15) is 44.9 Å². The first-order chi connectivity index (χ1) is 8.24. The van der Waals surface area contributed by atoms with Gasteiger partial charge in [-0.1, -0.05) is 0 Å². The van der Waals surface area contributed by atoms with Crippen molar-refractivity contribution in [2.75, 3.05) is 13.1 Å². The average Bonchev–Trinajstić information content (AvgIpc) is 3.11. The predicted octanol–water partition coefficient (Wildman–Crippen LogP) is 0.796. The van der Waals surface area contributed by atoms with Gasteiger partial charge >= 0.3 is 0 Å². The van der Waals surface area contributed by atoms with Gasteiger partial charge in [0.1, 0.15) is 0 Å². The lowest BCUT2D eigenvalue weighted by Crippen LogP contribution is -2.32. The first-order valence-electron chi connectivity index (χ1n) is 6.92. The SMILES string of the molecule is O=C(CCNCC1CCC(O)CC1)NC1CC1. The van der Waals surface area contributed by atoms with E-state index in [9.17, 15) is 9.90 Å². The Balaban J connectivity index is 1.46. The van der Waals surface area contributed by atoms with E-state index in [0.717, 1.165) is 51.6 Å². The zero-order chi connectivity index (χ0) is 12.1. The Morgan fingerprint density at radius 2 is 1.82 bits per heavy atom. The summed E-state index contributed by atoms with van der Waals surface area (Å²) in [5.74, 6) is 0.865. The molecule has 2 fully saturated rings. The van der Waals surface area contributed by atoms with Crippen LogP contribution in [0.3, 0.4) is 0 Å². The van der Waals surface area contributed by atoms with Crippen LogP contribution >= 0.6 is 0 Å². The number of carbonyl (C=O) groups is 1. The van der Waals surface area contributed by atoms with Gasteiger partial charge in [-0.25, -0.2) is 0 Å². The fraction of sp³-hybridized carbons (Fsp3) is 0.923. The maximum Gasteiger partial charge on any atom is 0.221 e. The van der Waals surface area contributed by atoms with Crippen LogP contribution in [-0.4, -0.2) is 36.2 Å². The highest BCUT2D eigenvalue weighted by Crippen LogP contribution is 2.23. The van der Waals surface area contributed by atoms with E-state index in [0.29, 0.717) is 18.4 Å². The Kier molecular flexibility index (Phi) is 4.80. The van der Waals surface area contributed by atoms with E-state index < -0.39 is 0 Å². The molecule has 98 valence electrons. The minimum absolute atomic E-state index is 0.0735. The molecule has 3 N–H and O–H groups in total. The van der Waals surface area contributed by atoms with Crippen molar-refractivity contribution in [3.05, 3.63) is 0 Å². The molecule has 4 nitrogen and oxygen atoms in total. The van der Waals surface area contributed by atoms with Gasteiger partial charge in [0.05, 0.1) is 6.10 Å². The van der Waals surface area contributed by atoms with Crippen molar-refractivity contribution < 1.29 is 9.90 Å². The van der Waals surface area contributed by atoms with E-state index in [2.05, 4.69) is 10.6 Å². The van der Waals surface area contributed by atoms with Crippen LogP contribution < -0.4 is 10.6 Å². The molecule has 0 aromatic heterocycles. The van der Waals surface area contributed by atoms with Crippen LogP contribution in [0, 0.1) is 5.92 Å². The number of aliphatic hydroxyl groups excluding tert-OH is 1. The number of amides is 1. The Morgan fingerprint density at radius 3 is 2.47 bits per heavy atom. The van der Waals surface area contributed by atoms with Crippen molar-refractivity contribution in [2.24, 2.45) is 5.92 Å². The van der Waals surface area contributed by atoms with Crippen LogP contribution in [-0.2, 0) is 4.79 Å². The number of hydrogen-bond donors (Lipinski definition) is 3. The van der Waals surface area contributed by atoms with Crippen molar-refractivity contribution in [3.63, 3.8) is 0 Å². The summed E-state index contributed by atoms with van der Waals surface area (Å²) in [6, 6.07) is 0.474. The standard InChI is InChI=1S/C13H24N2O2/c16-12-5-1-10(2-6-12)9-14-8-7-13(17)15-11-3-4-11/h10-12,14,16H,1-9H2,(H,15,17). The first kappa shape index (κ1) is 12.8. The van der Waals surface area contributed by atoms with Gasteiger partial charge in [-0.3, -0.25) is 4.79 Å². The summed E-state index contributed by atoms with van der Waals surface area (Å²) in [6.45, 7) is 1.76. The summed E-state index contributed by atoms with van der Waals surface area (Å²) >= 11 is 0. The van der Waals surface area contributed by atoms with Crippen molar-refractivity contribution in [1.29, 1.82) is 0 Å². The summed E-state index contributed by atoms with van der Waals surface area (Å²) < 4.78 is 0. The normalized spacial score (nSPS) is 29.0. The summed E-state index contributed by atoms with van der Waals surface area (Å²) in [6.07, 6.45) is 6.93. The quantitative estimate of drug-likeness (QED) is 0.602. The lowest BCUT2D eigenvalue weighted by atomic mass is 9.87. The molecule has 0 bridgehead atoms. The smallest absolute Gasteiger partial charge is 0.221 e. The van der Waals surface area contributed by atoms with Crippen molar-refractivity contribution in [1.82, 2.24) is 10.6 Å². The lowest BCUT2D eigenvalue weighted by molar-refractivity contribution is -0.121. The molecule has 4 heteroatoms. The largest absolute Gasteiger partial charge is 0.393 e. The van der Waals surface area contributed by atoms with E-state index >= 15 is 0 Å². The second-order valence-corrected chi connectivity index (χ2v) is 5.47. The highest BCUT2D eigenvalue weighted by atomic mass is 16.3. The molecule has 0 aromatic carbocycles. The van der Waals surface area contributed by atoms with Gasteiger partial charge < -0.3 is 15.7 Å². The highest BCUT2D eigenvalue weighted by molar-refractivity contribution is 5.76. The topological polar surface area (TPSA) is 61.4 Å². The molecule has 1 amide bonds. The van der Waals surface area contributed by atoms with E-state index in [1.165, 1.54) is 0 Å². The van der Waals surface area contributed by atoms with E-state index in [4.69, 9.17) is 0 Å². The summed E-state index contributed by atoms with van der Waals surface area (Å²) in [4.78, 5) is 11.4. The molecule has 2 aliphatic rings. The minimum atomic E-state index is -0.0735. The van der Waals surface area contributed by atoms with Crippen LogP contribution in [0.4, 0.5) is 0 Å². The van der Waals surface area contributed by atoms with Crippen LogP contribution in [0.5, 0.6) is 0 Å². The Bertz CT molecular complexity index is 246. The Hall–Kier alpha value is -0.610. The van der Waals surface area contributed by atoms with E-state index in [-0.39, 0.29) is 12.0 Å². The highest BCUT2D eigenvalue weighted by Gasteiger charge is 2.23. The van der Waals surface area contributed by atoms with Gasteiger partial charge in [0.2, 0.25) is 5.91 Å². The number of hydrogen-bond acceptors (Lipinski definition) is 3. The molecule has 0 heterocycles. The minimum Gasteiger partial charge on any atom is -0.393 e. The number of aliphatic hydroxyl groups is 1. The predicted molar refractivity (Wildman–Crippen MR) is 66.6 cm³/mol. The van der Waals surface area contributed by atoms with Crippen LogP contribution in [0.15, 0.2) is 0 Å². The molecule has 0 aliphatic heterocycles. The number of carbonyl (C=O) groups excluding carboxylic acids is 1. The number of rotatable bonds is 6. The molecule has 0 saturated heterocycles. The van der Waals surface area contributed by atoms with Gasteiger partial charge in [-0.2, -0.15) is 0 Å². The van der Waals surface area contributed by atoms with Gasteiger partial charge in [0.15, 0.2) is 0 Å². The second kappa shape index (κ2) is 6.36. The first-order valence-corrected chi connectivity index (χ1v) is 6.92. The van der Waals surface area contributed by atoms with Gasteiger partial charge in [-0.05, 0) is 51.0 Å². The Labute approximate surface area is 103 Å². The van der Waals surface area contributed by atoms with E-state index in [1.807, 2.05) is 0 Å². The second-order valence-electron chi connectivity index (χ2n) is 5.47. The third kappa shape index (κ3) is 5.04. The monoisotopic (exact) mass is 240 g/mol. The fourth-order valence-corrected chi connectivity index (χ4v) is 2.38. The van der Waals surface area contributed by atoms with E-state index in [1.54, 1.807) is 0 Å². The fourth-order valence-electron chi connectivity index (χ4n) is 2.38. The average molecular weight is 240 g/mol. The van der Waals surface area contributed by atoms with Crippen molar-refractivity contribution in [2.45, 2.75) is 57.1 Å². The maximum atomic E-state index is 11.4. The molecular formula is C13H24N2O2. The lowest BCUT2D eigenvalue weighted by Gasteiger charge is -2.25. The molecular weight excluding hydrogens is 216 g/mol. The number of nitrogens with one attached hydrogen (secondary N) is 2. The molecule has 2 rings (SSSR count). The third-order valence-corrected chi connectivity index (χ3v) is 3.72. The summed E-state index contributed by atoms with van der Waals surface area (Å²) in [7, 11) is 0. The maximum absolute atomic E-state index is 11.4. The van der Waals surface area contributed by atoms with Gasteiger partial charge in [0, 0.05) is 19.0 Å². The van der Waals surface area contributed by atoms with Gasteiger partial charge in [-0.15, -0.1) is 0 Å². The zero-order valence-electron chi connectivity index (χ0n) is 10.5. The molecule has 0 atom stereocenters. The Morgan fingerprint density at radius 1 is 1.12 bits per heavy atom. The molecule has 2 saturated carbocycles. The molecule has 0 radical (unpaired) electrons. The van der Waals surface area contributed by atoms with Crippen molar-refractivity contribution >= 4 is 5.91 Å². The third-order valence-electron chi connectivity index (χ3n) is 3.72. The molecule has 0 unspecified atom stereocenters.